The van der Waals surface area contributed by atoms with E-state index in [9.17, 15) is 36.3 Å². The molecule has 0 bridgehead atoms. The molecule has 0 aliphatic heterocycles. The lowest BCUT2D eigenvalue weighted by atomic mass is 9.87. The second kappa shape index (κ2) is 14.9. The summed E-state index contributed by atoms with van der Waals surface area (Å²) in [6.07, 6.45) is 2.11. The van der Waals surface area contributed by atoms with E-state index in [2.05, 4.69) is 5.32 Å². The van der Waals surface area contributed by atoms with Crippen LogP contribution in [0.5, 0.6) is 0 Å². The van der Waals surface area contributed by atoms with Gasteiger partial charge in [-0.2, -0.15) is 29.2 Å². The molecule has 0 aromatic heterocycles. The molecule has 2 fully saturated rings. The Balaban J connectivity index is 1.64. The predicted molar refractivity (Wildman–Crippen MR) is 172 cm³/mol. The molecule has 2 aliphatic carbocycles. The fraction of sp³-hybridized carbons (Fsp3) is 0.576. The van der Waals surface area contributed by atoms with Crippen LogP contribution in [0.2, 0.25) is 0 Å². The molecule has 12 heteroatoms. The fourth-order valence-electron chi connectivity index (χ4n) is 6.36. The number of nitrogens with zero attached hydrogens (tertiary/aromatic N) is 1. The molecule has 7 nitrogen and oxygen atoms in total. The van der Waals surface area contributed by atoms with E-state index in [1.165, 1.54) is 16.1 Å². The lowest BCUT2D eigenvalue weighted by Gasteiger charge is -2.27. The number of benzene rings is 2. The van der Waals surface area contributed by atoms with Crippen LogP contribution in [0.1, 0.15) is 79.3 Å². The van der Waals surface area contributed by atoms with Crippen LogP contribution in [-0.2, 0) is 21.4 Å². The molecule has 45 heavy (non-hydrogen) atoms. The van der Waals surface area contributed by atoms with E-state index in [4.69, 9.17) is 0 Å². The third kappa shape index (κ3) is 9.25. The van der Waals surface area contributed by atoms with Gasteiger partial charge in [-0.25, -0.2) is 13.2 Å². The largest absolute Gasteiger partial charge is 0.479 e. The van der Waals surface area contributed by atoms with E-state index < -0.39 is 52.2 Å². The highest BCUT2D eigenvalue weighted by Gasteiger charge is 2.61. The van der Waals surface area contributed by atoms with Crippen LogP contribution < -0.4 is 5.32 Å². The number of halogens is 3. The summed E-state index contributed by atoms with van der Waals surface area (Å²) in [7, 11) is -4.01. The third-order valence-corrected chi connectivity index (χ3v) is 11.7. The number of nitrogens with one attached hydrogen (secondary N) is 1. The summed E-state index contributed by atoms with van der Waals surface area (Å²) in [4.78, 5) is 25.8. The van der Waals surface area contributed by atoms with E-state index in [0.29, 0.717) is 35.6 Å². The van der Waals surface area contributed by atoms with Crippen molar-refractivity contribution in [3.05, 3.63) is 59.2 Å². The summed E-state index contributed by atoms with van der Waals surface area (Å²) in [6.45, 7) is 2.05. The standard InChI is InChI=1S/C33H43F3N2O5S2/c1-23-9-6-7-12-27(23)29-19-25(13-14-28(29)30(39)37-32(31(40)41)20-26(32)22-44-2)21-38(17-15-24-10-4-3-5-11-24)45(42,43)18-8-16-33(34,35)36/h6-7,9,12-14,19,24,26H,3-5,8,10-11,15-18,20-22H2,1-2H3,(H,37,39)(H,40,41)/t26-,32?/m0/s1. The van der Waals surface area contributed by atoms with Gasteiger partial charge in [-0.05, 0) is 78.5 Å². The maximum absolute atomic E-state index is 13.7. The molecular weight excluding hydrogens is 626 g/mol. The van der Waals surface area contributed by atoms with Gasteiger partial charge in [0, 0.05) is 31.0 Å². The van der Waals surface area contributed by atoms with E-state index in [0.717, 1.165) is 43.2 Å². The molecule has 0 radical (unpaired) electrons. The number of carboxylic acid groups (broad SMARTS) is 1. The lowest BCUT2D eigenvalue weighted by molar-refractivity contribution is -0.141. The molecule has 2 N–H and O–H groups in total. The zero-order chi connectivity index (χ0) is 32.8. The number of hydrogen-bond acceptors (Lipinski definition) is 5. The molecule has 0 saturated heterocycles. The SMILES string of the molecule is CSC[C@@H]1CC1(NC(=O)c1ccc(CN(CCC2CCCCC2)S(=O)(=O)CCCC(F)(F)F)cc1-c1ccccc1C)C(=O)O. The zero-order valence-corrected chi connectivity index (χ0v) is 27.5. The average molecular weight is 669 g/mol. The van der Waals surface area contributed by atoms with Crippen molar-refractivity contribution in [3.63, 3.8) is 0 Å². The second-order valence-electron chi connectivity index (χ2n) is 12.4. The van der Waals surface area contributed by atoms with E-state index in [-0.39, 0.29) is 24.6 Å². The van der Waals surface area contributed by atoms with Crippen LogP contribution in [0.4, 0.5) is 13.2 Å². The van der Waals surface area contributed by atoms with Gasteiger partial charge >= 0.3 is 12.1 Å². The minimum Gasteiger partial charge on any atom is -0.479 e. The summed E-state index contributed by atoms with van der Waals surface area (Å²) in [5, 5.41) is 12.7. The van der Waals surface area contributed by atoms with Gasteiger partial charge in [0.25, 0.3) is 5.91 Å². The first-order valence-electron chi connectivity index (χ1n) is 15.5. The van der Waals surface area contributed by atoms with Gasteiger partial charge in [0.15, 0.2) is 0 Å². The highest BCUT2D eigenvalue weighted by Crippen LogP contribution is 2.46. The van der Waals surface area contributed by atoms with Gasteiger partial charge in [-0.3, -0.25) is 4.79 Å². The maximum atomic E-state index is 13.7. The van der Waals surface area contributed by atoms with Crippen molar-refractivity contribution in [3.8, 4) is 11.1 Å². The molecule has 2 aromatic rings. The number of carbonyl (C=O) groups is 2. The minimum atomic E-state index is -4.43. The number of amides is 1. The monoisotopic (exact) mass is 668 g/mol. The molecule has 248 valence electrons. The van der Waals surface area contributed by atoms with Crippen LogP contribution in [0.25, 0.3) is 11.1 Å². The Morgan fingerprint density at radius 3 is 2.44 bits per heavy atom. The van der Waals surface area contributed by atoms with Gasteiger partial charge in [0.1, 0.15) is 5.54 Å². The second-order valence-corrected chi connectivity index (χ2v) is 15.4. The molecular formula is C33H43F3N2O5S2. The maximum Gasteiger partial charge on any atom is 0.389 e. The van der Waals surface area contributed by atoms with Crippen molar-refractivity contribution >= 4 is 33.7 Å². The van der Waals surface area contributed by atoms with Gasteiger partial charge in [0.05, 0.1) is 5.75 Å². The van der Waals surface area contributed by atoms with E-state index in [1.807, 2.05) is 37.4 Å². The minimum absolute atomic E-state index is 0.0449. The molecule has 2 aliphatic rings. The summed E-state index contributed by atoms with van der Waals surface area (Å²) in [6, 6.07) is 12.4. The van der Waals surface area contributed by atoms with Gasteiger partial charge in [-0.1, -0.05) is 62.4 Å². The topological polar surface area (TPSA) is 104 Å². The predicted octanol–water partition coefficient (Wildman–Crippen LogP) is 7.04. The number of hydrogen-bond donors (Lipinski definition) is 2. The van der Waals surface area contributed by atoms with Crippen LogP contribution >= 0.6 is 11.8 Å². The number of carboxylic acids is 1. The van der Waals surface area contributed by atoms with Crippen LogP contribution in [0, 0.1) is 18.8 Å². The Bertz CT molecular complexity index is 1460. The number of rotatable bonds is 15. The molecule has 2 saturated carbocycles. The molecule has 1 unspecified atom stereocenters. The van der Waals surface area contributed by atoms with Crippen molar-refractivity contribution in [1.82, 2.24) is 9.62 Å². The van der Waals surface area contributed by atoms with Gasteiger partial charge in [0.2, 0.25) is 10.0 Å². The van der Waals surface area contributed by atoms with Crippen molar-refractivity contribution in [2.45, 2.75) is 83.0 Å². The van der Waals surface area contributed by atoms with E-state index in [1.54, 1.807) is 18.2 Å². The molecule has 0 heterocycles. The van der Waals surface area contributed by atoms with Crippen molar-refractivity contribution in [1.29, 1.82) is 0 Å². The quantitative estimate of drug-likeness (QED) is 0.211. The molecule has 2 aromatic carbocycles. The zero-order valence-electron chi connectivity index (χ0n) is 25.9. The average Bonchev–Trinajstić information content (AvgIpc) is 3.68. The highest BCUT2D eigenvalue weighted by molar-refractivity contribution is 7.98. The number of carbonyl (C=O) groups excluding carboxylic acids is 1. The van der Waals surface area contributed by atoms with Crippen molar-refractivity contribution < 1.29 is 36.3 Å². The summed E-state index contributed by atoms with van der Waals surface area (Å²) >= 11 is 1.52. The van der Waals surface area contributed by atoms with Crippen LogP contribution in [0.3, 0.4) is 0 Å². The molecule has 4 rings (SSSR count). The first-order chi connectivity index (χ1) is 21.3. The Morgan fingerprint density at radius 2 is 1.80 bits per heavy atom. The first-order valence-corrected chi connectivity index (χ1v) is 18.5. The number of thioether (sulfide) groups is 1. The van der Waals surface area contributed by atoms with Gasteiger partial charge < -0.3 is 10.4 Å². The Labute approximate surface area is 268 Å². The summed E-state index contributed by atoms with van der Waals surface area (Å²) < 4.78 is 66.7. The molecule has 2 atom stereocenters. The molecule has 1 amide bonds. The summed E-state index contributed by atoms with van der Waals surface area (Å²) in [5.74, 6) is -1.41. The summed E-state index contributed by atoms with van der Waals surface area (Å²) in [5.41, 5.74) is 1.68. The number of aryl methyl sites for hydroxylation is 1. The first kappa shape index (κ1) is 35.3. The van der Waals surface area contributed by atoms with Crippen LogP contribution in [-0.4, -0.2) is 65.7 Å². The normalized spacial score (nSPS) is 20.7. The number of aliphatic carboxylic acids is 1. The molecule has 0 spiro atoms. The van der Waals surface area contributed by atoms with Crippen molar-refractivity contribution in [2.24, 2.45) is 11.8 Å². The Kier molecular flexibility index (Phi) is 11.7. The van der Waals surface area contributed by atoms with Crippen LogP contribution in [0.15, 0.2) is 42.5 Å². The number of sulfonamides is 1. The fourth-order valence-corrected chi connectivity index (χ4v) is 8.66. The third-order valence-electron chi connectivity index (χ3n) is 9.08. The smallest absolute Gasteiger partial charge is 0.389 e. The Hall–Kier alpha value is -2.57. The highest BCUT2D eigenvalue weighted by atomic mass is 32.2. The number of alkyl halides is 3. The van der Waals surface area contributed by atoms with E-state index >= 15 is 0 Å². The lowest BCUT2D eigenvalue weighted by Crippen LogP contribution is -2.45. The van der Waals surface area contributed by atoms with Gasteiger partial charge in [-0.15, -0.1) is 0 Å². The Morgan fingerprint density at radius 1 is 1.09 bits per heavy atom. The van der Waals surface area contributed by atoms with Crippen molar-refractivity contribution in [2.75, 3.05) is 24.3 Å².